The largest absolute Gasteiger partial charge is 0.354 e. The van der Waals surface area contributed by atoms with Gasteiger partial charge in [-0.1, -0.05) is 15.9 Å². The summed E-state index contributed by atoms with van der Waals surface area (Å²) in [6.07, 6.45) is 3.02. The number of carbonyl (C=O) groups excluding carboxylic acids is 1. The van der Waals surface area contributed by atoms with Crippen LogP contribution in [-0.2, 0) is 5.33 Å². The number of hydrogen-bond acceptors (Lipinski definition) is 3. The van der Waals surface area contributed by atoms with Crippen molar-refractivity contribution in [3.05, 3.63) is 23.8 Å². The molecule has 0 bridgehead atoms. The minimum atomic E-state index is -0.219. The number of alkyl halides is 1. The molecule has 1 N–H and O–H groups in total. The van der Waals surface area contributed by atoms with Crippen LogP contribution in [0.5, 0.6) is 0 Å². The summed E-state index contributed by atoms with van der Waals surface area (Å²) in [4.78, 5) is 18.9. The van der Waals surface area contributed by atoms with Crippen LogP contribution in [0.1, 0.15) is 16.2 Å². The first kappa shape index (κ1) is 9.12. The number of rotatable bonds is 2. The molecule has 0 aliphatic carbocycles. The van der Waals surface area contributed by atoms with Crippen LogP contribution in [0.3, 0.4) is 0 Å². The summed E-state index contributed by atoms with van der Waals surface area (Å²) < 4.78 is 0. The van der Waals surface area contributed by atoms with Gasteiger partial charge in [0.1, 0.15) is 5.69 Å². The summed E-state index contributed by atoms with van der Waals surface area (Å²) in [5.41, 5.74) is 1.14. The van der Waals surface area contributed by atoms with Crippen molar-refractivity contribution in [2.75, 3.05) is 7.05 Å². The lowest BCUT2D eigenvalue weighted by Gasteiger charge is -1.98. The Morgan fingerprint density at radius 2 is 2.33 bits per heavy atom. The van der Waals surface area contributed by atoms with Crippen molar-refractivity contribution in [2.24, 2.45) is 0 Å². The standard InChI is InChI=1S/C7H8BrN3O/c1-9-7(12)6-4-10-5(2-8)3-11-6/h3-4H,2H2,1H3,(H,9,12). The summed E-state index contributed by atoms with van der Waals surface area (Å²) in [6.45, 7) is 0. The van der Waals surface area contributed by atoms with Crippen LogP contribution < -0.4 is 5.32 Å². The zero-order valence-corrected chi connectivity index (χ0v) is 8.13. The molecule has 0 fully saturated rings. The molecule has 0 aliphatic rings. The van der Waals surface area contributed by atoms with Crippen molar-refractivity contribution < 1.29 is 4.79 Å². The number of amides is 1. The van der Waals surface area contributed by atoms with Gasteiger partial charge >= 0.3 is 0 Å². The molecule has 0 aliphatic heterocycles. The topological polar surface area (TPSA) is 54.9 Å². The van der Waals surface area contributed by atoms with Gasteiger partial charge in [0.25, 0.3) is 5.91 Å². The summed E-state index contributed by atoms with van der Waals surface area (Å²) in [5, 5.41) is 3.11. The third-order valence-electron chi connectivity index (χ3n) is 1.30. The minimum absolute atomic E-state index is 0.219. The molecule has 0 spiro atoms. The summed E-state index contributed by atoms with van der Waals surface area (Å²) >= 11 is 3.23. The fraction of sp³-hybridized carbons (Fsp3) is 0.286. The van der Waals surface area contributed by atoms with E-state index in [9.17, 15) is 4.79 Å². The van der Waals surface area contributed by atoms with Crippen LogP contribution in [0.15, 0.2) is 12.4 Å². The average Bonchev–Trinajstić information content (AvgIpc) is 2.17. The van der Waals surface area contributed by atoms with Gasteiger partial charge in [0, 0.05) is 12.4 Å². The van der Waals surface area contributed by atoms with Crippen LogP contribution in [-0.4, -0.2) is 22.9 Å². The zero-order valence-electron chi connectivity index (χ0n) is 6.54. The highest BCUT2D eigenvalue weighted by molar-refractivity contribution is 9.08. The molecule has 1 aromatic heterocycles. The van der Waals surface area contributed by atoms with Crippen molar-refractivity contribution in [3.63, 3.8) is 0 Å². The van der Waals surface area contributed by atoms with E-state index in [2.05, 4.69) is 31.2 Å². The van der Waals surface area contributed by atoms with Crippen LogP contribution in [0.4, 0.5) is 0 Å². The van der Waals surface area contributed by atoms with Crippen molar-refractivity contribution >= 4 is 21.8 Å². The molecule has 0 aromatic carbocycles. The first-order chi connectivity index (χ1) is 5.77. The fourth-order valence-electron chi connectivity index (χ4n) is 0.669. The zero-order chi connectivity index (χ0) is 8.97. The summed E-state index contributed by atoms with van der Waals surface area (Å²) in [7, 11) is 1.56. The third kappa shape index (κ3) is 2.01. The molecule has 1 rings (SSSR count). The molecule has 1 heterocycles. The van der Waals surface area contributed by atoms with Gasteiger partial charge in [-0.2, -0.15) is 0 Å². The Kier molecular flexibility index (Phi) is 3.16. The van der Waals surface area contributed by atoms with Gasteiger partial charge in [0.05, 0.1) is 18.1 Å². The highest BCUT2D eigenvalue weighted by Crippen LogP contribution is 1.99. The van der Waals surface area contributed by atoms with E-state index in [-0.39, 0.29) is 5.91 Å². The van der Waals surface area contributed by atoms with E-state index in [0.717, 1.165) is 5.69 Å². The Hall–Kier alpha value is -0.970. The molecule has 5 heteroatoms. The Bertz CT molecular complexity index is 272. The van der Waals surface area contributed by atoms with Crippen molar-refractivity contribution in [1.82, 2.24) is 15.3 Å². The first-order valence-electron chi connectivity index (χ1n) is 3.37. The summed E-state index contributed by atoms with van der Waals surface area (Å²) in [6, 6.07) is 0. The van der Waals surface area contributed by atoms with Crippen molar-refractivity contribution in [3.8, 4) is 0 Å². The quantitative estimate of drug-likeness (QED) is 0.762. The van der Waals surface area contributed by atoms with Crippen LogP contribution >= 0.6 is 15.9 Å². The number of hydrogen-bond donors (Lipinski definition) is 1. The fourth-order valence-corrected chi connectivity index (χ4v) is 0.959. The maximum absolute atomic E-state index is 11.0. The van der Waals surface area contributed by atoms with Gasteiger partial charge < -0.3 is 5.32 Å². The number of carbonyl (C=O) groups is 1. The second-order valence-corrected chi connectivity index (χ2v) is 2.67. The third-order valence-corrected chi connectivity index (χ3v) is 1.88. The lowest BCUT2D eigenvalue weighted by molar-refractivity contribution is 0.0957. The second kappa shape index (κ2) is 4.15. The van der Waals surface area contributed by atoms with Gasteiger partial charge in [-0.05, 0) is 0 Å². The molecule has 12 heavy (non-hydrogen) atoms. The highest BCUT2D eigenvalue weighted by atomic mass is 79.9. The molecule has 0 radical (unpaired) electrons. The minimum Gasteiger partial charge on any atom is -0.354 e. The maximum atomic E-state index is 11.0. The van der Waals surface area contributed by atoms with E-state index in [1.54, 1.807) is 13.2 Å². The second-order valence-electron chi connectivity index (χ2n) is 2.11. The number of halogens is 1. The van der Waals surface area contributed by atoms with Gasteiger partial charge in [-0.3, -0.25) is 9.78 Å². The molecule has 64 valence electrons. The first-order valence-corrected chi connectivity index (χ1v) is 4.49. The Balaban J connectivity index is 2.84. The monoisotopic (exact) mass is 229 g/mol. The molecule has 0 saturated heterocycles. The SMILES string of the molecule is CNC(=O)c1cnc(CBr)cn1. The predicted octanol–water partition coefficient (Wildman–Crippen LogP) is 0.731. The van der Waals surface area contributed by atoms with E-state index in [1.807, 2.05) is 0 Å². The van der Waals surface area contributed by atoms with E-state index >= 15 is 0 Å². The molecule has 4 nitrogen and oxygen atoms in total. The molecule has 1 aromatic rings. The lowest BCUT2D eigenvalue weighted by atomic mass is 10.4. The van der Waals surface area contributed by atoms with Crippen LogP contribution in [0, 0.1) is 0 Å². The van der Waals surface area contributed by atoms with E-state index in [0.29, 0.717) is 11.0 Å². The Labute approximate surface area is 78.5 Å². The summed E-state index contributed by atoms with van der Waals surface area (Å²) in [5.74, 6) is -0.219. The van der Waals surface area contributed by atoms with Crippen molar-refractivity contribution in [2.45, 2.75) is 5.33 Å². The maximum Gasteiger partial charge on any atom is 0.271 e. The molecule has 0 unspecified atom stereocenters. The Morgan fingerprint density at radius 1 is 1.58 bits per heavy atom. The van der Waals surface area contributed by atoms with E-state index < -0.39 is 0 Å². The predicted molar refractivity (Wildman–Crippen MR) is 48.1 cm³/mol. The van der Waals surface area contributed by atoms with Gasteiger partial charge in [-0.15, -0.1) is 0 Å². The molecule has 0 saturated carbocycles. The van der Waals surface area contributed by atoms with Crippen LogP contribution in [0.25, 0.3) is 0 Å². The normalized spacial score (nSPS) is 9.50. The molecule has 0 atom stereocenters. The number of nitrogens with zero attached hydrogens (tertiary/aromatic N) is 2. The Morgan fingerprint density at radius 3 is 2.75 bits per heavy atom. The van der Waals surface area contributed by atoms with Crippen LogP contribution in [0.2, 0.25) is 0 Å². The molecular formula is C7H8BrN3O. The lowest BCUT2D eigenvalue weighted by Crippen LogP contribution is -2.19. The van der Waals surface area contributed by atoms with Gasteiger partial charge in [-0.25, -0.2) is 4.98 Å². The highest BCUT2D eigenvalue weighted by Gasteiger charge is 2.03. The number of aromatic nitrogens is 2. The van der Waals surface area contributed by atoms with Gasteiger partial charge in [0.2, 0.25) is 0 Å². The van der Waals surface area contributed by atoms with Crippen molar-refractivity contribution in [1.29, 1.82) is 0 Å². The van der Waals surface area contributed by atoms with E-state index in [1.165, 1.54) is 6.20 Å². The molecule has 1 amide bonds. The van der Waals surface area contributed by atoms with Gasteiger partial charge in [0.15, 0.2) is 0 Å². The van der Waals surface area contributed by atoms with E-state index in [4.69, 9.17) is 0 Å². The molecular weight excluding hydrogens is 222 g/mol. The number of nitrogens with one attached hydrogen (secondary N) is 1. The average molecular weight is 230 g/mol. The smallest absolute Gasteiger partial charge is 0.271 e.